The highest BCUT2D eigenvalue weighted by Crippen LogP contribution is 2.25. The zero-order valence-corrected chi connectivity index (χ0v) is 10.3. The molecule has 2 rings (SSSR count). The van der Waals surface area contributed by atoms with E-state index in [1.165, 1.54) is 12.1 Å². The summed E-state index contributed by atoms with van der Waals surface area (Å²) < 4.78 is 19.2. The first-order chi connectivity index (χ1) is 8.17. The molecule has 0 bridgehead atoms. The van der Waals surface area contributed by atoms with Crippen LogP contribution in [0.25, 0.3) is 0 Å². The Hall–Kier alpha value is -1.68. The molecule has 2 nitrogen and oxygen atoms in total. The molecule has 0 aromatic heterocycles. The summed E-state index contributed by atoms with van der Waals surface area (Å²) in [5, 5.41) is 0. The Balaban J connectivity index is 2.21. The van der Waals surface area contributed by atoms with Crippen molar-refractivity contribution in [1.29, 1.82) is 0 Å². The summed E-state index contributed by atoms with van der Waals surface area (Å²) in [5.74, 6) is 0.572. The third-order valence-corrected chi connectivity index (χ3v) is 2.55. The van der Waals surface area contributed by atoms with Gasteiger partial charge in [-0.2, -0.15) is 0 Å². The maximum atomic E-state index is 13.1. The molecule has 0 N–H and O–H groups in total. The first-order valence-corrected chi connectivity index (χ1v) is 5.66. The number of aldehydes is 1. The average Bonchev–Trinajstić information content (AvgIpc) is 2.28. The van der Waals surface area contributed by atoms with Gasteiger partial charge in [-0.05, 0) is 36.4 Å². The molecule has 0 atom stereocenters. The van der Waals surface area contributed by atoms with Gasteiger partial charge in [0.15, 0.2) is 0 Å². The molecule has 0 saturated heterocycles. The molecule has 0 aliphatic heterocycles. The molecule has 2 aromatic carbocycles. The zero-order chi connectivity index (χ0) is 12.3. The van der Waals surface area contributed by atoms with Crippen molar-refractivity contribution >= 4 is 22.2 Å². The van der Waals surface area contributed by atoms with E-state index >= 15 is 0 Å². The number of carbonyl (C=O) groups excluding carboxylic acids is 1. The normalized spacial score (nSPS) is 10.0. The maximum Gasteiger partial charge on any atom is 0.150 e. The van der Waals surface area contributed by atoms with Crippen LogP contribution in [0.4, 0.5) is 4.39 Å². The number of ether oxygens (including phenoxy) is 1. The minimum absolute atomic E-state index is 0.376. The standard InChI is InChI=1S/C13H8BrFO2/c14-10-5-11(15)7-13(6-10)17-12-3-1-9(8-16)2-4-12/h1-8H. The van der Waals surface area contributed by atoms with E-state index in [0.717, 1.165) is 6.29 Å². The van der Waals surface area contributed by atoms with Gasteiger partial charge < -0.3 is 4.74 Å². The van der Waals surface area contributed by atoms with Gasteiger partial charge in [0.25, 0.3) is 0 Å². The highest BCUT2D eigenvalue weighted by Gasteiger charge is 2.01. The summed E-state index contributed by atoms with van der Waals surface area (Å²) in [5.41, 5.74) is 0.567. The van der Waals surface area contributed by atoms with Crippen LogP contribution in [0, 0.1) is 5.82 Å². The Morgan fingerprint density at radius 1 is 1.06 bits per heavy atom. The molecule has 0 amide bonds. The lowest BCUT2D eigenvalue weighted by atomic mass is 10.2. The number of halogens is 2. The van der Waals surface area contributed by atoms with E-state index in [-0.39, 0.29) is 5.82 Å². The van der Waals surface area contributed by atoms with Crippen molar-refractivity contribution in [3.63, 3.8) is 0 Å². The number of benzene rings is 2. The summed E-state index contributed by atoms with van der Waals surface area (Å²) in [6, 6.07) is 10.9. The molecule has 86 valence electrons. The molecule has 0 aliphatic carbocycles. The van der Waals surface area contributed by atoms with Crippen molar-refractivity contribution in [3.05, 3.63) is 58.3 Å². The first-order valence-electron chi connectivity index (χ1n) is 4.86. The Morgan fingerprint density at radius 2 is 1.76 bits per heavy atom. The SMILES string of the molecule is O=Cc1ccc(Oc2cc(F)cc(Br)c2)cc1. The van der Waals surface area contributed by atoms with Crippen LogP contribution in [-0.4, -0.2) is 6.29 Å². The predicted molar refractivity (Wildman–Crippen MR) is 66.0 cm³/mol. The first kappa shape index (κ1) is 11.8. The molecule has 4 heteroatoms. The number of carbonyl (C=O) groups is 1. The zero-order valence-electron chi connectivity index (χ0n) is 8.69. The Kier molecular flexibility index (Phi) is 3.54. The third kappa shape index (κ3) is 3.14. The smallest absolute Gasteiger partial charge is 0.150 e. The monoisotopic (exact) mass is 294 g/mol. The van der Waals surface area contributed by atoms with Gasteiger partial charge in [-0.3, -0.25) is 4.79 Å². The van der Waals surface area contributed by atoms with Crippen LogP contribution >= 0.6 is 15.9 Å². The fraction of sp³-hybridized carbons (Fsp3) is 0. The lowest BCUT2D eigenvalue weighted by Gasteiger charge is -2.06. The molecule has 0 spiro atoms. The minimum atomic E-state index is -0.376. The van der Waals surface area contributed by atoms with Crippen LogP contribution < -0.4 is 4.74 Å². The highest BCUT2D eigenvalue weighted by molar-refractivity contribution is 9.10. The lowest BCUT2D eigenvalue weighted by molar-refractivity contribution is 0.112. The second-order valence-corrected chi connectivity index (χ2v) is 4.31. The summed E-state index contributed by atoms with van der Waals surface area (Å²) >= 11 is 3.18. The van der Waals surface area contributed by atoms with E-state index in [2.05, 4.69) is 15.9 Å². The van der Waals surface area contributed by atoms with Gasteiger partial charge in [-0.1, -0.05) is 15.9 Å². The fourth-order valence-corrected chi connectivity index (χ4v) is 1.78. The Labute approximate surface area is 106 Å². The van der Waals surface area contributed by atoms with Crippen molar-refractivity contribution < 1.29 is 13.9 Å². The summed E-state index contributed by atoms with van der Waals surface area (Å²) in [7, 11) is 0. The molecule has 0 heterocycles. The predicted octanol–water partition coefficient (Wildman–Crippen LogP) is 4.19. The summed E-state index contributed by atoms with van der Waals surface area (Å²) in [6.45, 7) is 0. The lowest BCUT2D eigenvalue weighted by Crippen LogP contribution is -1.86. The molecule has 2 aromatic rings. The van der Waals surface area contributed by atoms with Gasteiger partial charge in [0.05, 0.1) is 0 Å². The minimum Gasteiger partial charge on any atom is -0.457 e. The van der Waals surface area contributed by atoms with Gasteiger partial charge in [-0.15, -0.1) is 0 Å². The molecular weight excluding hydrogens is 287 g/mol. The fourth-order valence-electron chi connectivity index (χ4n) is 1.34. The Morgan fingerprint density at radius 3 is 2.35 bits per heavy atom. The Bertz CT molecular complexity index is 517. The largest absolute Gasteiger partial charge is 0.457 e. The van der Waals surface area contributed by atoms with Crippen LogP contribution in [0.5, 0.6) is 11.5 Å². The van der Waals surface area contributed by atoms with Gasteiger partial charge in [0, 0.05) is 16.1 Å². The van der Waals surface area contributed by atoms with Crippen molar-refractivity contribution in [2.75, 3.05) is 0 Å². The van der Waals surface area contributed by atoms with E-state index in [1.807, 2.05) is 0 Å². The van der Waals surface area contributed by atoms with Crippen molar-refractivity contribution in [2.24, 2.45) is 0 Å². The number of hydrogen-bond donors (Lipinski definition) is 0. The van der Waals surface area contributed by atoms with E-state index in [0.29, 0.717) is 21.5 Å². The van der Waals surface area contributed by atoms with Gasteiger partial charge in [-0.25, -0.2) is 4.39 Å². The molecule has 0 aliphatic rings. The van der Waals surface area contributed by atoms with Crippen molar-refractivity contribution in [1.82, 2.24) is 0 Å². The topological polar surface area (TPSA) is 26.3 Å². The molecular formula is C13H8BrFO2. The molecule has 0 saturated carbocycles. The van der Waals surface area contributed by atoms with Crippen LogP contribution in [-0.2, 0) is 0 Å². The molecule has 0 radical (unpaired) electrons. The summed E-state index contributed by atoms with van der Waals surface area (Å²) in [4.78, 5) is 10.5. The van der Waals surface area contributed by atoms with Crippen LogP contribution in [0.1, 0.15) is 10.4 Å². The second-order valence-electron chi connectivity index (χ2n) is 3.39. The van der Waals surface area contributed by atoms with E-state index < -0.39 is 0 Å². The maximum absolute atomic E-state index is 13.1. The van der Waals surface area contributed by atoms with Crippen LogP contribution in [0.15, 0.2) is 46.9 Å². The van der Waals surface area contributed by atoms with Crippen LogP contribution in [0.2, 0.25) is 0 Å². The van der Waals surface area contributed by atoms with E-state index in [1.54, 1.807) is 30.3 Å². The van der Waals surface area contributed by atoms with Crippen LogP contribution in [0.3, 0.4) is 0 Å². The highest BCUT2D eigenvalue weighted by atomic mass is 79.9. The van der Waals surface area contributed by atoms with Gasteiger partial charge >= 0.3 is 0 Å². The van der Waals surface area contributed by atoms with E-state index in [4.69, 9.17) is 4.74 Å². The van der Waals surface area contributed by atoms with Crippen molar-refractivity contribution in [3.8, 4) is 11.5 Å². The molecule has 17 heavy (non-hydrogen) atoms. The number of hydrogen-bond acceptors (Lipinski definition) is 2. The van der Waals surface area contributed by atoms with Gasteiger partial charge in [0.2, 0.25) is 0 Å². The average molecular weight is 295 g/mol. The molecule has 0 unspecified atom stereocenters. The van der Waals surface area contributed by atoms with Gasteiger partial charge in [0.1, 0.15) is 23.6 Å². The quantitative estimate of drug-likeness (QED) is 0.793. The second kappa shape index (κ2) is 5.10. The third-order valence-electron chi connectivity index (χ3n) is 2.09. The van der Waals surface area contributed by atoms with Crippen molar-refractivity contribution in [2.45, 2.75) is 0 Å². The van der Waals surface area contributed by atoms with E-state index in [9.17, 15) is 9.18 Å². The summed E-state index contributed by atoms with van der Waals surface area (Å²) in [6.07, 6.45) is 0.753. The molecule has 0 fully saturated rings. The number of rotatable bonds is 3.